The van der Waals surface area contributed by atoms with Crippen LogP contribution in [-0.4, -0.2) is 38.4 Å². The molecule has 8 heteroatoms. The van der Waals surface area contributed by atoms with Crippen molar-refractivity contribution in [2.45, 2.75) is 13.5 Å². The van der Waals surface area contributed by atoms with Gasteiger partial charge in [0.05, 0.1) is 5.69 Å². The molecular weight excluding hydrogens is 260 g/mol. The van der Waals surface area contributed by atoms with Crippen LogP contribution in [0.25, 0.3) is 0 Å². The lowest BCUT2D eigenvalue weighted by Crippen LogP contribution is -2.21. The normalized spacial score (nSPS) is 10.3. The maximum absolute atomic E-state index is 12.1. The van der Waals surface area contributed by atoms with Gasteiger partial charge < -0.3 is 10.6 Å². The topological polar surface area (TPSA) is 93.8 Å². The van der Waals surface area contributed by atoms with Crippen molar-refractivity contribution >= 4 is 17.5 Å². The zero-order valence-corrected chi connectivity index (χ0v) is 11.5. The van der Waals surface area contributed by atoms with Gasteiger partial charge in [-0.1, -0.05) is 0 Å². The summed E-state index contributed by atoms with van der Waals surface area (Å²) in [5, 5.41) is 13.2. The highest BCUT2D eigenvalue weighted by molar-refractivity contribution is 6.07. The second-order valence-electron chi connectivity index (χ2n) is 4.15. The zero-order valence-electron chi connectivity index (χ0n) is 11.5. The molecule has 0 unspecified atom stereocenters. The summed E-state index contributed by atoms with van der Waals surface area (Å²) in [6.45, 7) is 2.61. The summed E-state index contributed by atoms with van der Waals surface area (Å²) in [6, 6.07) is 1.62. The summed E-state index contributed by atoms with van der Waals surface area (Å²) in [5.41, 5.74) is 0.805. The highest BCUT2D eigenvalue weighted by Gasteiger charge is 2.18. The van der Waals surface area contributed by atoms with Crippen molar-refractivity contribution in [1.29, 1.82) is 0 Å². The summed E-state index contributed by atoms with van der Waals surface area (Å²) in [7, 11) is 3.18. The Morgan fingerprint density at radius 3 is 2.65 bits per heavy atom. The van der Waals surface area contributed by atoms with Gasteiger partial charge in [-0.2, -0.15) is 10.2 Å². The predicted octanol–water partition coefficient (Wildman–Crippen LogP) is 0.248. The van der Waals surface area contributed by atoms with E-state index < -0.39 is 0 Å². The minimum absolute atomic E-state index is 0.165. The first-order valence-electron chi connectivity index (χ1n) is 6.15. The minimum atomic E-state index is -0.379. The van der Waals surface area contributed by atoms with Crippen molar-refractivity contribution in [1.82, 2.24) is 24.9 Å². The molecule has 0 aliphatic rings. The molecule has 0 atom stereocenters. The number of carbonyl (C=O) groups excluding carboxylic acids is 2. The molecule has 2 rings (SSSR count). The van der Waals surface area contributed by atoms with Gasteiger partial charge in [0.15, 0.2) is 11.4 Å². The molecule has 0 saturated heterocycles. The molecule has 0 bridgehead atoms. The van der Waals surface area contributed by atoms with E-state index in [4.69, 9.17) is 0 Å². The van der Waals surface area contributed by atoms with E-state index >= 15 is 0 Å². The lowest BCUT2D eigenvalue weighted by Gasteiger charge is -2.02. The van der Waals surface area contributed by atoms with E-state index in [0.29, 0.717) is 17.9 Å². The van der Waals surface area contributed by atoms with Gasteiger partial charge in [0.2, 0.25) is 0 Å². The van der Waals surface area contributed by atoms with Crippen LogP contribution in [0.2, 0.25) is 0 Å². The number of rotatable bonds is 4. The summed E-state index contributed by atoms with van der Waals surface area (Å²) >= 11 is 0. The molecule has 8 nitrogen and oxygen atoms in total. The first-order valence-corrected chi connectivity index (χ1v) is 6.15. The van der Waals surface area contributed by atoms with Gasteiger partial charge in [0.25, 0.3) is 11.8 Å². The van der Waals surface area contributed by atoms with E-state index in [1.807, 2.05) is 6.92 Å². The molecule has 2 aromatic heterocycles. The highest BCUT2D eigenvalue weighted by atomic mass is 16.2. The Balaban J connectivity index is 2.21. The maximum Gasteiger partial charge on any atom is 0.276 e. The van der Waals surface area contributed by atoms with Crippen LogP contribution in [0.5, 0.6) is 0 Å². The minimum Gasteiger partial charge on any atom is -0.354 e. The average molecular weight is 276 g/mol. The Labute approximate surface area is 115 Å². The van der Waals surface area contributed by atoms with Crippen LogP contribution in [0, 0.1) is 0 Å². The number of hydrogen-bond acceptors (Lipinski definition) is 4. The number of nitrogens with one attached hydrogen (secondary N) is 2. The lowest BCUT2D eigenvalue weighted by atomic mass is 10.3. The fraction of sp³-hybridized carbons (Fsp3) is 0.333. The van der Waals surface area contributed by atoms with Gasteiger partial charge in [-0.15, -0.1) is 0 Å². The van der Waals surface area contributed by atoms with Crippen molar-refractivity contribution in [2.24, 2.45) is 7.05 Å². The van der Waals surface area contributed by atoms with E-state index in [0.717, 1.165) is 0 Å². The Morgan fingerprint density at radius 2 is 2.05 bits per heavy atom. The molecule has 0 spiro atoms. The number of nitrogens with zero attached hydrogens (tertiary/aromatic N) is 4. The third kappa shape index (κ3) is 2.68. The quantitative estimate of drug-likeness (QED) is 0.837. The fourth-order valence-electron chi connectivity index (χ4n) is 1.71. The summed E-state index contributed by atoms with van der Waals surface area (Å²) < 4.78 is 3.11. The standard InChI is InChI=1S/C12H16N6O2/c1-4-18-6-5-8(15-18)11(19)14-9-7-17(3)16-10(9)12(20)13-2/h5-7H,4H2,1-3H3,(H,13,20)(H,14,19). The van der Waals surface area contributed by atoms with Crippen LogP contribution in [0.4, 0.5) is 5.69 Å². The molecule has 2 amide bonds. The molecule has 0 aliphatic carbocycles. The van der Waals surface area contributed by atoms with E-state index in [1.165, 1.54) is 11.7 Å². The largest absolute Gasteiger partial charge is 0.354 e. The number of carbonyl (C=O) groups is 2. The van der Waals surface area contributed by atoms with Gasteiger partial charge >= 0.3 is 0 Å². The maximum atomic E-state index is 12.1. The lowest BCUT2D eigenvalue weighted by molar-refractivity contribution is 0.0958. The third-order valence-electron chi connectivity index (χ3n) is 2.72. The summed E-state index contributed by atoms with van der Waals surface area (Å²) in [5.74, 6) is -0.740. The Morgan fingerprint density at radius 1 is 1.30 bits per heavy atom. The second-order valence-corrected chi connectivity index (χ2v) is 4.15. The van der Waals surface area contributed by atoms with Crippen molar-refractivity contribution in [3.05, 3.63) is 29.8 Å². The Kier molecular flexibility index (Phi) is 3.83. The zero-order chi connectivity index (χ0) is 14.7. The van der Waals surface area contributed by atoms with E-state index in [9.17, 15) is 9.59 Å². The smallest absolute Gasteiger partial charge is 0.276 e. The molecular formula is C12H16N6O2. The number of anilines is 1. The van der Waals surface area contributed by atoms with E-state index in [-0.39, 0.29) is 17.5 Å². The number of aromatic nitrogens is 4. The fourth-order valence-corrected chi connectivity index (χ4v) is 1.71. The van der Waals surface area contributed by atoms with Crippen LogP contribution >= 0.6 is 0 Å². The molecule has 2 aromatic rings. The van der Waals surface area contributed by atoms with Crippen molar-refractivity contribution in [3.8, 4) is 0 Å². The Hall–Kier alpha value is -2.64. The second kappa shape index (κ2) is 5.55. The van der Waals surface area contributed by atoms with Gasteiger partial charge in [-0.25, -0.2) is 0 Å². The van der Waals surface area contributed by atoms with Crippen LogP contribution in [0.3, 0.4) is 0 Å². The van der Waals surface area contributed by atoms with Crippen LogP contribution in [0.1, 0.15) is 27.9 Å². The van der Waals surface area contributed by atoms with Crippen molar-refractivity contribution in [2.75, 3.05) is 12.4 Å². The molecule has 0 saturated carbocycles. The van der Waals surface area contributed by atoms with Crippen LogP contribution in [-0.2, 0) is 13.6 Å². The predicted molar refractivity (Wildman–Crippen MR) is 72.5 cm³/mol. The van der Waals surface area contributed by atoms with Gasteiger partial charge in [0.1, 0.15) is 0 Å². The summed E-state index contributed by atoms with van der Waals surface area (Å²) in [6.07, 6.45) is 3.29. The molecule has 0 fully saturated rings. The van der Waals surface area contributed by atoms with Crippen LogP contribution in [0.15, 0.2) is 18.5 Å². The summed E-state index contributed by atoms with van der Waals surface area (Å²) in [4.78, 5) is 23.7. The number of hydrogen-bond donors (Lipinski definition) is 2. The molecule has 0 aliphatic heterocycles. The average Bonchev–Trinajstić information content (AvgIpc) is 3.04. The molecule has 0 aromatic carbocycles. The van der Waals surface area contributed by atoms with Crippen molar-refractivity contribution < 1.29 is 9.59 Å². The van der Waals surface area contributed by atoms with Gasteiger partial charge in [-0.3, -0.25) is 19.0 Å². The molecule has 2 N–H and O–H groups in total. The monoisotopic (exact) mass is 276 g/mol. The SMILES string of the molecule is CCn1ccc(C(=O)Nc2cn(C)nc2C(=O)NC)n1. The molecule has 2 heterocycles. The van der Waals surface area contributed by atoms with Gasteiger partial charge in [-0.05, 0) is 13.0 Å². The number of amides is 2. The van der Waals surface area contributed by atoms with Crippen molar-refractivity contribution in [3.63, 3.8) is 0 Å². The van der Waals surface area contributed by atoms with E-state index in [1.54, 1.807) is 30.2 Å². The molecule has 0 radical (unpaired) electrons. The Bertz CT molecular complexity index is 642. The molecule has 106 valence electrons. The highest BCUT2D eigenvalue weighted by Crippen LogP contribution is 2.14. The third-order valence-corrected chi connectivity index (χ3v) is 2.72. The van der Waals surface area contributed by atoms with E-state index in [2.05, 4.69) is 20.8 Å². The molecule has 20 heavy (non-hydrogen) atoms. The van der Waals surface area contributed by atoms with Crippen LogP contribution < -0.4 is 10.6 Å². The number of aryl methyl sites for hydroxylation is 2. The first-order chi connectivity index (χ1) is 9.55. The van der Waals surface area contributed by atoms with Gasteiger partial charge in [0, 0.05) is 33.0 Å². The first kappa shape index (κ1) is 13.8.